The molecule has 0 spiro atoms. The van der Waals surface area contributed by atoms with Gasteiger partial charge < -0.3 is 25.2 Å². The van der Waals surface area contributed by atoms with Gasteiger partial charge in [-0.1, -0.05) is 30.3 Å². The van der Waals surface area contributed by atoms with E-state index in [0.717, 1.165) is 32.0 Å². The van der Waals surface area contributed by atoms with Crippen LogP contribution >= 0.6 is 23.1 Å². The molecule has 1 aromatic heterocycles. The molecule has 0 radical (unpaired) electrons. The number of thiophene rings is 1. The highest BCUT2D eigenvalue weighted by molar-refractivity contribution is 7.99. The number of carboxylic acids is 1. The van der Waals surface area contributed by atoms with E-state index in [4.69, 9.17) is 9.84 Å². The Morgan fingerprint density at radius 2 is 1.73 bits per heavy atom. The number of carboxylic acid groups (broad SMARTS) is 1. The molecule has 4 rings (SSSR count). The molecular formula is C25H26O6S2. The Labute approximate surface area is 200 Å². The van der Waals surface area contributed by atoms with Crippen LogP contribution in [0, 0.1) is 6.92 Å². The quantitative estimate of drug-likeness (QED) is 0.419. The predicted octanol–water partition coefficient (Wildman–Crippen LogP) is 3.86. The average Bonchev–Trinajstić information content (AvgIpc) is 3.28. The van der Waals surface area contributed by atoms with E-state index in [9.17, 15) is 20.1 Å². The fraction of sp³-hybridized carbons (Fsp3) is 0.320. The predicted molar refractivity (Wildman–Crippen MR) is 130 cm³/mol. The molecule has 1 aliphatic heterocycles. The van der Waals surface area contributed by atoms with Crippen LogP contribution in [0.4, 0.5) is 0 Å². The standard InChI is InChI=1S/C25H26O6S2/c1-13-3-4-16(23-21(27)20(26)22(28)25(31-23)32-2)11-17(13)12-18-9-10-19(33-18)14-5-7-15(8-6-14)24(29)30/h3-11,20-23,25-28H,12H2,1-2H3,(H,29,30)/t20-,21-,22+,23+,25-/m1/s1. The second-order valence-electron chi connectivity index (χ2n) is 8.14. The van der Waals surface area contributed by atoms with Crippen molar-refractivity contribution in [1.29, 1.82) is 0 Å². The number of ether oxygens (including phenoxy) is 1. The molecule has 6 nitrogen and oxygen atoms in total. The summed E-state index contributed by atoms with van der Waals surface area (Å²) in [6.45, 7) is 2.03. The Bertz CT molecular complexity index is 1120. The number of aromatic carboxylic acids is 1. The molecule has 5 atom stereocenters. The van der Waals surface area contributed by atoms with Gasteiger partial charge in [0.15, 0.2) is 0 Å². The molecule has 0 unspecified atom stereocenters. The number of carbonyl (C=O) groups is 1. The molecule has 2 aromatic carbocycles. The molecule has 8 heteroatoms. The first kappa shape index (κ1) is 23.9. The molecule has 33 heavy (non-hydrogen) atoms. The smallest absolute Gasteiger partial charge is 0.335 e. The third kappa shape index (κ3) is 5.01. The lowest BCUT2D eigenvalue weighted by molar-refractivity contribution is -0.200. The number of aliphatic hydroxyl groups is 3. The van der Waals surface area contributed by atoms with Crippen molar-refractivity contribution in [1.82, 2.24) is 0 Å². The lowest BCUT2D eigenvalue weighted by Crippen LogP contribution is -2.52. The summed E-state index contributed by atoms with van der Waals surface area (Å²) in [7, 11) is 0. The fourth-order valence-corrected chi connectivity index (χ4v) is 5.68. The van der Waals surface area contributed by atoms with Gasteiger partial charge >= 0.3 is 5.97 Å². The summed E-state index contributed by atoms with van der Waals surface area (Å²) >= 11 is 2.94. The first-order valence-corrected chi connectivity index (χ1v) is 12.6. The number of benzene rings is 2. The van der Waals surface area contributed by atoms with Gasteiger partial charge in [-0.2, -0.15) is 0 Å². The van der Waals surface area contributed by atoms with Gasteiger partial charge in [-0.15, -0.1) is 23.1 Å². The zero-order valence-corrected chi connectivity index (χ0v) is 19.8. The van der Waals surface area contributed by atoms with E-state index in [2.05, 4.69) is 6.07 Å². The highest BCUT2D eigenvalue weighted by atomic mass is 32.2. The Kier molecular flexibility index (Phi) is 7.23. The Hall–Kier alpha value is -2.20. The molecule has 0 aliphatic carbocycles. The van der Waals surface area contributed by atoms with Crippen molar-refractivity contribution in [2.75, 3.05) is 6.26 Å². The van der Waals surface area contributed by atoms with E-state index in [1.54, 1.807) is 29.7 Å². The van der Waals surface area contributed by atoms with Gasteiger partial charge in [0.2, 0.25) is 0 Å². The van der Waals surface area contributed by atoms with Crippen LogP contribution in [0.1, 0.15) is 38.0 Å². The molecule has 1 aliphatic rings. The zero-order chi connectivity index (χ0) is 23.7. The summed E-state index contributed by atoms with van der Waals surface area (Å²) in [5.74, 6) is -0.943. The SMILES string of the molecule is CS[C@H]1O[C@@H](c2ccc(C)c(Cc3ccc(-c4ccc(C(=O)O)cc4)s3)c2)[C@H](O)[C@@H](O)[C@@H]1O. The maximum Gasteiger partial charge on any atom is 0.335 e. The van der Waals surface area contributed by atoms with Crippen LogP contribution in [-0.2, 0) is 11.2 Å². The summed E-state index contributed by atoms with van der Waals surface area (Å²) in [6, 6.07) is 16.8. The lowest BCUT2D eigenvalue weighted by Gasteiger charge is -2.40. The highest BCUT2D eigenvalue weighted by Crippen LogP contribution is 2.37. The largest absolute Gasteiger partial charge is 0.478 e. The van der Waals surface area contributed by atoms with Gasteiger partial charge in [-0.3, -0.25) is 0 Å². The van der Waals surface area contributed by atoms with Gasteiger partial charge in [-0.25, -0.2) is 4.79 Å². The summed E-state index contributed by atoms with van der Waals surface area (Å²) in [4.78, 5) is 13.3. The van der Waals surface area contributed by atoms with E-state index in [1.807, 2.05) is 43.3 Å². The number of aryl methyl sites for hydroxylation is 1. The Morgan fingerprint density at radius 1 is 1.00 bits per heavy atom. The molecule has 174 valence electrons. The topological polar surface area (TPSA) is 107 Å². The van der Waals surface area contributed by atoms with Crippen molar-refractivity contribution in [3.63, 3.8) is 0 Å². The van der Waals surface area contributed by atoms with Gasteiger partial charge in [0.1, 0.15) is 29.9 Å². The van der Waals surface area contributed by atoms with Crippen LogP contribution in [0.15, 0.2) is 54.6 Å². The third-order valence-corrected chi connectivity index (χ3v) is 7.94. The lowest BCUT2D eigenvalue weighted by atomic mass is 9.92. The minimum atomic E-state index is -1.28. The number of rotatable bonds is 6. The highest BCUT2D eigenvalue weighted by Gasteiger charge is 2.44. The number of hydrogen-bond donors (Lipinski definition) is 4. The maximum atomic E-state index is 11.1. The minimum Gasteiger partial charge on any atom is -0.478 e. The van der Waals surface area contributed by atoms with Crippen LogP contribution in [0.25, 0.3) is 10.4 Å². The first-order valence-electron chi connectivity index (χ1n) is 10.5. The molecular weight excluding hydrogens is 460 g/mol. The maximum absolute atomic E-state index is 11.1. The molecule has 3 aromatic rings. The van der Waals surface area contributed by atoms with Gasteiger partial charge in [0.05, 0.1) is 5.56 Å². The van der Waals surface area contributed by atoms with E-state index >= 15 is 0 Å². The van der Waals surface area contributed by atoms with Crippen LogP contribution in [0.3, 0.4) is 0 Å². The summed E-state index contributed by atoms with van der Waals surface area (Å²) in [5.41, 5.74) is 3.55. The monoisotopic (exact) mass is 486 g/mol. The van der Waals surface area contributed by atoms with Crippen LogP contribution in [0.2, 0.25) is 0 Å². The second-order valence-corrected chi connectivity index (χ2v) is 10.2. The van der Waals surface area contributed by atoms with Crippen LogP contribution < -0.4 is 0 Å². The third-order valence-electron chi connectivity index (χ3n) is 5.95. The van der Waals surface area contributed by atoms with Crippen molar-refractivity contribution in [3.05, 3.63) is 81.7 Å². The van der Waals surface area contributed by atoms with Crippen LogP contribution in [-0.4, -0.2) is 56.4 Å². The van der Waals surface area contributed by atoms with Crippen molar-refractivity contribution >= 4 is 29.1 Å². The summed E-state index contributed by atoms with van der Waals surface area (Å²) < 4.78 is 5.91. The van der Waals surface area contributed by atoms with Crippen molar-refractivity contribution < 1.29 is 30.0 Å². The Balaban J connectivity index is 1.55. The van der Waals surface area contributed by atoms with Gasteiger partial charge in [0.25, 0.3) is 0 Å². The molecule has 0 amide bonds. The van der Waals surface area contributed by atoms with Crippen LogP contribution in [0.5, 0.6) is 0 Å². The zero-order valence-electron chi connectivity index (χ0n) is 18.2. The fourth-order valence-electron chi connectivity index (χ4n) is 3.97. The van der Waals surface area contributed by atoms with Gasteiger partial charge in [-0.05, 0) is 59.7 Å². The van der Waals surface area contributed by atoms with E-state index < -0.39 is 35.8 Å². The number of hydrogen-bond acceptors (Lipinski definition) is 7. The first-order chi connectivity index (χ1) is 15.8. The van der Waals surface area contributed by atoms with E-state index in [-0.39, 0.29) is 5.56 Å². The van der Waals surface area contributed by atoms with E-state index in [1.165, 1.54) is 11.8 Å². The Morgan fingerprint density at radius 3 is 2.39 bits per heavy atom. The molecule has 4 N–H and O–H groups in total. The molecule has 0 bridgehead atoms. The summed E-state index contributed by atoms with van der Waals surface area (Å²) in [5, 5.41) is 40.0. The molecule has 1 fully saturated rings. The second kappa shape index (κ2) is 9.97. The van der Waals surface area contributed by atoms with Crippen molar-refractivity contribution in [3.8, 4) is 10.4 Å². The minimum absolute atomic E-state index is 0.261. The van der Waals surface area contributed by atoms with Crippen molar-refractivity contribution in [2.24, 2.45) is 0 Å². The molecule has 1 saturated heterocycles. The molecule has 0 saturated carbocycles. The average molecular weight is 487 g/mol. The normalized spacial score (nSPS) is 25.2. The van der Waals surface area contributed by atoms with Crippen molar-refractivity contribution in [2.45, 2.75) is 43.2 Å². The van der Waals surface area contributed by atoms with E-state index in [0.29, 0.717) is 6.42 Å². The molecule has 2 heterocycles. The number of aliphatic hydroxyl groups excluding tert-OH is 3. The van der Waals surface area contributed by atoms with Gasteiger partial charge in [0, 0.05) is 16.2 Å². The summed E-state index contributed by atoms with van der Waals surface area (Å²) in [6.07, 6.45) is -1.90. The number of thioether (sulfide) groups is 1.